The molecular weight excluding hydrogens is 236 g/mol. The summed E-state index contributed by atoms with van der Waals surface area (Å²) in [6.45, 7) is 8.18. The summed E-state index contributed by atoms with van der Waals surface area (Å²) < 4.78 is 29.5. The molecule has 0 aliphatic rings. The van der Waals surface area contributed by atoms with Gasteiger partial charge in [-0.2, -0.15) is 0 Å². The number of nitrogens with one attached hydrogen (secondary N) is 1. The quantitative estimate of drug-likeness (QED) is 0.871. The van der Waals surface area contributed by atoms with E-state index in [0.717, 1.165) is 11.1 Å². The molecule has 4 heteroatoms. The predicted octanol–water partition coefficient (Wildman–Crippen LogP) is 3.53. The van der Waals surface area contributed by atoms with Crippen molar-refractivity contribution in [1.82, 2.24) is 5.32 Å². The largest absolute Gasteiger partial charge is 0.487 e. The van der Waals surface area contributed by atoms with Crippen LogP contribution in [0, 0.1) is 6.92 Å². The molecule has 2 nitrogen and oxygen atoms in total. The van der Waals surface area contributed by atoms with Crippen LogP contribution >= 0.6 is 0 Å². The summed E-state index contributed by atoms with van der Waals surface area (Å²) in [4.78, 5) is 0. The van der Waals surface area contributed by atoms with Crippen molar-refractivity contribution in [3.05, 3.63) is 29.3 Å². The van der Waals surface area contributed by atoms with Crippen LogP contribution in [-0.4, -0.2) is 18.6 Å². The molecule has 0 bridgehead atoms. The molecule has 0 radical (unpaired) electrons. The average molecular weight is 257 g/mol. The monoisotopic (exact) mass is 257 g/mol. The van der Waals surface area contributed by atoms with Crippen molar-refractivity contribution < 1.29 is 13.5 Å². The first-order valence-corrected chi connectivity index (χ1v) is 6.03. The molecule has 0 spiro atoms. The van der Waals surface area contributed by atoms with Crippen molar-refractivity contribution in [2.24, 2.45) is 0 Å². The number of benzene rings is 1. The van der Waals surface area contributed by atoms with E-state index < -0.39 is 13.0 Å². The molecule has 1 aromatic carbocycles. The Morgan fingerprint density at radius 1 is 1.28 bits per heavy atom. The van der Waals surface area contributed by atoms with Gasteiger partial charge in [0.15, 0.2) is 0 Å². The van der Waals surface area contributed by atoms with Crippen LogP contribution in [0.3, 0.4) is 0 Å². The second-order valence-electron chi connectivity index (χ2n) is 5.42. The van der Waals surface area contributed by atoms with E-state index in [-0.39, 0.29) is 5.54 Å². The summed E-state index contributed by atoms with van der Waals surface area (Å²) in [6, 6.07) is 5.57. The minimum atomic E-state index is -2.45. The molecule has 0 aliphatic heterocycles. The standard InChI is InChI=1S/C14H21F2NO/c1-10-5-6-12(18-9-13(15)16)11(7-10)8-17-14(2,3)4/h5-7,13,17H,8-9H2,1-4H3. The van der Waals surface area contributed by atoms with Gasteiger partial charge < -0.3 is 10.1 Å². The number of aryl methyl sites for hydroxylation is 1. The van der Waals surface area contributed by atoms with E-state index in [1.807, 2.05) is 19.1 Å². The van der Waals surface area contributed by atoms with E-state index in [1.54, 1.807) is 6.07 Å². The van der Waals surface area contributed by atoms with Crippen LogP contribution in [0.2, 0.25) is 0 Å². The average Bonchev–Trinajstić information content (AvgIpc) is 2.23. The minimum Gasteiger partial charge on any atom is -0.487 e. The summed E-state index contributed by atoms with van der Waals surface area (Å²) in [5.41, 5.74) is 1.97. The Balaban J connectivity index is 2.76. The van der Waals surface area contributed by atoms with Crippen molar-refractivity contribution in [1.29, 1.82) is 0 Å². The summed E-state index contributed by atoms with van der Waals surface area (Å²) in [7, 11) is 0. The van der Waals surface area contributed by atoms with Crippen molar-refractivity contribution in [3.63, 3.8) is 0 Å². The first-order chi connectivity index (χ1) is 8.28. The van der Waals surface area contributed by atoms with Gasteiger partial charge >= 0.3 is 0 Å². The highest BCUT2D eigenvalue weighted by molar-refractivity contribution is 5.37. The van der Waals surface area contributed by atoms with E-state index >= 15 is 0 Å². The molecule has 18 heavy (non-hydrogen) atoms. The van der Waals surface area contributed by atoms with Crippen molar-refractivity contribution in [3.8, 4) is 5.75 Å². The smallest absolute Gasteiger partial charge is 0.272 e. The number of hydrogen-bond acceptors (Lipinski definition) is 2. The van der Waals surface area contributed by atoms with Gasteiger partial charge in [0.2, 0.25) is 0 Å². The Kier molecular flexibility index (Phi) is 5.08. The third-order valence-corrected chi connectivity index (χ3v) is 2.39. The van der Waals surface area contributed by atoms with Crippen LogP contribution in [0.1, 0.15) is 31.9 Å². The molecule has 0 heterocycles. The topological polar surface area (TPSA) is 21.3 Å². The summed E-state index contributed by atoms with van der Waals surface area (Å²) in [5, 5.41) is 3.33. The number of hydrogen-bond donors (Lipinski definition) is 1. The first-order valence-electron chi connectivity index (χ1n) is 6.03. The fourth-order valence-corrected chi connectivity index (χ4v) is 1.50. The van der Waals surface area contributed by atoms with Crippen LogP contribution in [0.25, 0.3) is 0 Å². The van der Waals surface area contributed by atoms with E-state index in [9.17, 15) is 8.78 Å². The molecule has 0 saturated heterocycles. The highest BCUT2D eigenvalue weighted by atomic mass is 19.3. The lowest BCUT2D eigenvalue weighted by atomic mass is 10.1. The molecule has 0 aromatic heterocycles. The van der Waals surface area contributed by atoms with Gasteiger partial charge in [0.05, 0.1) is 0 Å². The van der Waals surface area contributed by atoms with E-state index in [1.165, 1.54) is 0 Å². The summed E-state index contributed by atoms with van der Waals surface area (Å²) >= 11 is 0. The number of halogens is 2. The zero-order chi connectivity index (χ0) is 13.8. The van der Waals surface area contributed by atoms with Gasteiger partial charge in [-0.1, -0.05) is 17.7 Å². The Morgan fingerprint density at radius 2 is 1.94 bits per heavy atom. The Labute approximate surface area is 107 Å². The van der Waals surface area contributed by atoms with Gasteiger partial charge in [-0.3, -0.25) is 0 Å². The molecule has 1 rings (SSSR count). The molecule has 1 N–H and O–H groups in total. The molecule has 0 unspecified atom stereocenters. The first kappa shape index (κ1) is 14.9. The Bertz CT molecular complexity index is 386. The van der Waals surface area contributed by atoms with Gasteiger partial charge in [-0.15, -0.1) is 0 Å². The maximum atomic E-state index is 12.2. The lowest BCUT2D eigenvalue weighted by Crippen LogP contribution is -2.35. The SMILES string of the molecule is Cc1ccc(OCC(F)F)c(CNC(C)(C)C)c1. The Morgan fingerprint density at radius 3 is 2.50 bits per heavy atom. The van der Waals surface area contributed by atoms with Crippen molar-refractivity contribution in [2.45, 2.75) is 46.2 Å². The van der Waals surface area contributed by atoms with E-state index in [0.29, 0.717) is 12.3 Å². The fraction of sp³-hybridized carbons (Fsp3) is 0.571. The maximum absolute atomic E-state index is 12.2. The lowest BCUT2D eigenvalue weighted by molar-refractivity contribution is 0.0813. The minimum absolute atomic E-state index is 0.0241. The third-order valence-electron chi connectivity index (χ3n) is 2.39. The highest BCUT2D eigenvalue weighted by Crippen LogP contribution is 2.21. The Hall–Kier alpha value is -1.16. The molecule has 0 fully saturated rings. The molecule has 0 aliphatic carbocycles. The zero-order valence-corrected chi connectivity index (χ0v) is 11.4. The molecule has 0 amide bonds. The van der Waals surface area contributed by atoms with Crippen LogP contribution in [0.4, 0.5) is 8.78 Å². The second-order valence-corrected chi connectivity index (χ2v) is 5.42. The van der Waals surface area contributed by atoms with Gasteiger partial charge in [0.1, 0.15) is 12.4 Å². The van der Waals surface area contributed by atoms with Crippen LogP contribution in [0.15, 0.2) is 18.2 Å². The fourth-order valence-electron chi connectivity index (χ4n) is 1.50. The second kappa shape index (κ2) is 6.14. The van der Waals surface area contributed by atoms with E-state index in [4.69, 9.17) is 4.74 Å². The molecule has 102 valence electrons. The normalized spacial score (nSPS) is 11.9. The van der Waals surface area contributed by atoms with Gasteiger partial charge in [-0.25, -0.2) is 8.78 Å². The number of rotatable bonds is 5. The molecule has 0 saturated carbocycles. The van der Waals surface area contributed by atoms with Crippen molar-refractivity contribution >= 4 is 0 Å². The molecule has 0 atom stereocenters. The lowest BCUT2D eigenvalue weighted by Gasteiger charge is -2.22. The summed E-state index contributed by atoms with van der Waals surface area (Å²) in [6.07, 6.45) is -2.45. The van der Waals surface area contributed by atoms with Crippen LogP contribution in [0.5, 0.6) is 5.75 Å². The predicted molar refractivity (Wildman–Crippen MR) is 69.3 cm³/mol. The van der Waals surface area contributed by atoms with Crippen LogP contribution < -0.4 is 10.1 Å². The highest BCUT2D eigenvalue weighted by Gasteiger charge is 2.12. The molecular formula is C14H21F2NO. The van der Waals surface area contributed by atoms with Gasteiger partial charge in [-0.05, 0) is 33.8 Å². The van der Waals surface area contributed by atoms with Gasteiger partial charge in [0, 0.05) is 17.6 Å². The summed E-state index contributed by atoms with van der Waals surface area (Å²) in [5.74, 6) is 0.526. The maximum Gasteiger partial charge on any atom is 0.272 e. The number of ether oxygens (including phenoxy) is 1. The molecule has 1 aromatic rings. The third kappa shape index (κ3) is 5.45. The van der Waals surface area contributed by atoms with E-state index in [2.05, 4.69) is 26.1 Å². The van der Waals surface area contributed by atoms with Gasteiger partial charge in [0.25, 0.3) is 6.43 Å². The van der Waals surface area contributed by atoms with Crippen LogP contribution in [-0.2, 0) is 6.54 Å². The zero-order valence-electron chi connectivity index (χ0n) is 11.4. The number of alkyl halides is 2. The van der Waals surface area contributed by atoms with Crippen molar-refractivity contribution in [2.75, 3.05) is 6.61 Å².